The van der Waals surface area contributed by atoms with Crippen LogP contribution in [0.15, 0.2) is 48.5 Å². The van der Waals surface area contributed by atoms with Gasteiger partial charge >= 0.3 is 6.18 Å². The van der Waals surface area contributed by atoms with E-state index in [1.54, 1.807) is 38.1 Å². The van der Waals surface area contributed by atoms with Gasteiger partial charge in [-0.15, -0.1) is 0 Å². The van der Waals surface area contributed by atoms with E-state index in [9.17, 15) is 27.6 Å². The lowest BCUT2D eigenvalue weighted by atomic mass is 10.0. The van der Waals surface area contributed by atoms with Crippen LogP contribution >= 0.6 is 0 Å². The van der Waals surface area contributed by atoms with Crippen LogP contribution in [0.4, 0.5) is 18.9 Å². The predicted molar refractivity (Wildman–Crippen MR) is 102 cm³/mol. The van der Waals surface area contributed by atoms with Gasteiger partial charge in [0.1, 0.15) is 6.61 Å². The molecule has 0 saturated heterocycles. The molecule has 0 fully saturated rings. The zero-order valence-electron chi connectivity index (χ0n) is 16.2. The normalized spacial score (nSPS) is 14.1. The van der Waals surface area contributed by atoms with Crippen LogP contribution in [0.1, 0.15) is 40.1 Å². The summed E-state index contributed by atoms with van der Waals surface area (Å²) in [4.78, 5) is 38.3. The number of carbonyl (C=O) groups excluding carboxylic acids is 3. The molecule has 0 atom stereocenters. The molecule has 1 heterocycles. The first-order chi connectivity index (χ1) is 14.0. The molecule has 30 heavy (non-hydrogen) atoms. The summed E-state index contributed by atoms with van der Waals surface area (Å²) in [6, 6.07) is 10.7. The summed E-state index contributed by atoms with van der Waals surface area (Å²) in [7, 11) is 0. The Labute approximate surface area is 170 Å². The van der Waals surface area contributed by atoms with Gasteiger partial charge in [-0.1, -0.05) is 18.2 Å². The lowest BCUT2D eigenvalue weighted by molar-refractivity contribution is -0.137. The molecule has 2 aromatic carbocycles. The Morgan fingerprint density at radius 2 is 1.60 bits per heavy atom. The van der Waals surface area contributed by atoms with Crippen LogP contribution in [0, 0.1) is 0 Å². The number of nitrogens with zero attached hydrogens (tertiary/aromatic N) is 1. The van der Waals surface area contributed by atoms with Crippen molar-refractivity contribution in [3.8, 4) is 0 Å². The molecule has 1 aliphatic rings. The first-order valence-corrected chi connectivity index (χ1v) is 9.03. The highest BCUT2D eigenvalue weighted by Gasteiger charge is 2.44. The first kappa shape index (κ1) is 21.5. The Morgan fingerprint density at radius 1 is 1.00 bits per heavy atom. The molecule has 1 aliphatic heterocycles. The molecule has 0 aromatic heterocycles. The fraction of sp³-hybridized carbons (Fsp3) is 0.286. The average molecular weight is 420 g/mol. The molecule has 158 valence electrons. The van der Waals surface area contributed by atoms with Crippen LogP contribution in [-0.2, 0) is 15.7 Å². The van der Waals surface area contributed by atoms with Crippen molar-refractivity contribution in [2.24, 2.45) is 0 Å². The van der Waals surface area contributed by atoms with Gasteiger partial charge in [-0.3, -0.25) is 19.3 Å². The monoisotopic (exact) mass is 420 g/mol. The average Bonchev–Trinajstić information content (AvgIpc) is 2.93. The molecular weight excluding hydrogens is 401 g/mol. The largest absolute Gasteiger partial charge is 0.416 e. The van der Waals surface area contributed by atoms with Crippen molar-refractivity contribution in [3.05, 3.63) is 65.2 Å². The van der Waals surface area contributed by atoms with Gasteiger partial charge in [-0.2, -0.15) is 13.2 Å². The number of nitrogens with one attached hydrogen (secondary N) is 1. The summed E-state index contributed by atoms with van der Waals surface area (Å²) in [5.41, 5.74) is -1.33. The lowest BCUT2D eigenvalue weighted by Crippen LogP contribution is -2.50. The van der Waals surface area contributed by atoms with Crippen molar-refractivity contribution in [2.75, 3.05) is 18.5 Å². The quantitative estimate of drug-likeness (QED) is 0.723. The van der Waals surface area contributed by atoms with Crippen LogP contribution in [0.3, 0.4) is 0 Å². The molecule has 6 nitrogen and oxygen atoms in total. The smallest absolute Gasteiger partial charge is 0.369 e. The summed E-state index contributed by atoms with van der Waals surface area (Å²) >= 11 is 0. The van der Waals surface area contributed by atoms with E-state index >= 15 is 0 Å². The highest BCUT2D eigenvalue weighted by atomic mass is 19.4. The van der Waals surface area contributed by atoms with Crippen molar-refractivity contribution < 1.29 is 32.3 Å². The number of rotatable bonds is 6. The summed E-state index contributed by atoms with van der Waals surface area (Å²) < 4.78 is 43.6. The Balaban J connectivity index is 1.58. The fourth-order valence-electron chi connectivity index (χ4n) is 3.17. The van der Waals surface area contributed by atoms with Crippen LogP contribution in [0.2, 0.25) is 0 Å². The highest BCUT2D eigenvalue weighted by Crippen LogP contribution is 2.31. The number of halogens is 3. The molecule has 0 bridgehead atoms. The van der Waals surface area contributed by atoms with Crippen LogP contribution < -0.4 is 5.32 Å². The van der Waals surface area contributed by atoms with E-state index in [4.69, 9.17) is 4.74 Å². The van der Waals surface area contributed by atoms with Gasteiger partial charge in [0.2, 0.25) is 5.91 Å². The zero-order chi connectivity index (χ0) is 22.1. The molecule has 3 amide bonds. The Hall–Kier alpha value is -3.20. The van der Waals surface area contributed by atoms with E-state index in [0.29, 0.717) is 11.1 Å². The Morgan fingerprint density at radius 3 is 2.17 bits per heavy atom. The van der Waals surface area contributed by atoms with Gasteiger partial charge in [0.05, 0.1) is 28.8 Å². The van der Waals surface area contributed by atoms with Gasteiger partial charge in [0, 0.05) is 5.69 Å². The fourth-order valence-corrected chi connectivity index (χ4v) is 3.17. The molecular formula is C21H19F3N2O4. The maximum absolute atomic E-state index is 12.8. The number of imide groups is 1. The number of ether oxygens (including phenoxy) is 1. The molecule has 9 heteroatoms. The maximum atomic E-state index is 12.8. The molecule has 0 unspecified atom stereocenters. The number of fused-ring (bicyclic) bond motifs is 1. The van der Waals surface area contributed by atoms with E-state index in [0.717, 1.165) is 17.0 Å². The third kappa shape index (κ3) is 4.35. The zero-order valence-corrected chi connectivity index (χ0v) is 16.2. The van der Waals surface area contributed by atoms with Crippen molar-refractivity contribution >= 4 is 23.4 Å². The molecule has 0 spiro atoms. The van der Waals surface area contributed by atoms with E-state index in [1.807, 2.05) is 0 Å². The minimum Gasteiger partial charge on any atom is -0.369 e. The van der Waals surface area contributed by atoms with E-state index in [-0.39, 0.29) is 12.3 Å². The van der Waals surface area contributed by atoms with Gasteiger partial charge < -0.3 is 10.1 Å². The van der Waals surface area contributed by atoms with E-state index in [2.05, 4.69) is 5.32 Å². The number of benzene rings is 2. The Bertz CT molecular complexity index is 967. The summed E-state index contributed by atoms with van der Waals surface area (Å²) in [5, 5.41) is 2.33. The summed E-state index contributed by atoms with van der Waals surface area (Å²) in [6.45, 7) is 2.66. The third-order valence-corrected chi connectivity index (χ3v) is 4.56. The van der Waals surface area contributed by atoms with E-state index in [1.165, 1.54) is 12.1 Å². The number of carbonyl (C=O) groups is 3. The number of alkyl halides is 3. The minimum absolute atomic E-state index is 0.0157. The number of hydrogen-bond donors (Lipinski definition) is 1. The standard InChI is InChI=1S/C21H19F3N2O4/c1-20(2,26-18(28)15-8-3-4-9-16(15)19(26)29)12-30-11-17(27)25-14-7-5-6-13(10-14)21(22,23)24/h3-10H,11-12H2,1-2H3,(H,25,27). The van der Waals surface area contributed by atoms with E-state index < -0.39 is 41.6 Å². The molecule has 0 saturated carbocycles. The van der Waals surface area contributed by atoms with Crippen LogP contribution in [0.25, 0.3) is 0 Å². The summed E-state index contributed by atoms with van der Waals surface area (Å²) in [5.74, 6) is -1.55. The number of amides is 3. The molecule has 0 radical (unpaired) electrons. The highest BCUT2D eigenvalue weighted by molar-refractivity contribution is 6.21. The molecule has 1 N–H and O–H groups in total. The third-order valence-electron chi connectivity index (χ3n) is 4.56. The van der Waals surface area contributed by atoms with Crippen molar-refractivity contribution in [3.63, 3.8) is 0 Å². The number of anilines is 1. The van der Waals surface area contributed by atoms with Crippen LogP contribution in [0.5, 0.6) is 0 Å². The van der Waals surface area contributed by atoms with Crippen LogP contribution in [-0.4, -0.2) is 41.4 Å². The minimum atomic E-state index is -4.52. The van der Waals surface area contributed by atoms with Gasteiger partial charge in [0.25, 0.3) is 11.8 Å². The van der Waals surface area contributed by atoms with Gasteiger partial charge in [-0.25, -0.2) is 0 Å². The summed E-state index contributed by atoms with van der Waals surface area (Å²) in [6.07, 6.45) is -4.52. The molecule has 0 aliphatic carbocycles. The SMILES string of the molecule is CC(C)(COCC(=O)Nc1cccc(C(F)(F)F)c1)N1C(=O)c2ccccc2C1=O. The van der Waals surface area contributed by atoms with Gasteiger partial charge in [-0.05, 0) is 44.2 Å². The van der Waals surface area contributed by atoms with Crippen molar-refractivity contribution in [1.82, 2.24) is 4.90 Å². The lowest BCUT2D eigenvalue weighted by Gasteiger charge is -2.33. The second-order valence-corrected chi connectivity index (χ2v) is 7.42. The topological polar surface area (TPSA) is 75.7 Å². The molecule has 3 rings (SSSR count). The number of hydrogen-bond acceptors (Lipinski definition) is 4. The van der Waals surface area contributed by atoms with Crippen molar-refractivity contribution in [1.29, 1.82) is 0 Å². The van der Waals surface area contributed by atoms with Gasteiger partial charge in [0.15, 0.2) is 0 Å². The first-order valence-electron chi connectivity index (χ1n) is 9.03. The second-order valence-electron chi connectivity index (χ2n) is 7.42. The maximum Gasteiger partial charge on any atom is 0.416 e. The van der Waals surface area contributed by atoms with Crippen molar-refractivity contribution in [2.45, 2.75) is 25.6 Å². The predicted octanol–water partition coefficient (Wildman–Crippen LogP) is 3.74. The Kier molecular flexibility index (Phi) is 5.67. The second kappa shape index (κ2) is 7.91. The molecule has 2 aromatic rings.